The maximum atomic E-state index is 12.1. The predicted molar refractivity (Wildman–Crippen MR) is 102 cm³/mol. The number of nitrogens with one attached hydrogen (secondary N) is 1. The van der Waals surface area contributed by atoms with Crippen molar-refractivity contribution in [2.24, 2.45) is 5.92 Å². The van der Waals surface area contributed by atoms with Crippen molar-refractivity contribution in [3.63, 3.8) is 0 Å². The zero-order valence-electron chi connectivity index (χ0n) is 16.4. The Kier molecular flexibility index (Phi) is 5.82. The van der Waals surface area contributed by atoms with E-state index in [-0.39, 0.29) is 12.0 Å². The molecule has 0 radical (unpaired) electrons. The number of piperazine rings is 1. The van der Waals surface area contributed by atoms with Crippen LogP contribution in [0.1, 0.15) is 50.5 Å². The number of hydrogen-bond acceptors (Lipinski definition) is 6. The van der Waals surface area contributed by atoms with E-state index >= 15 is 0 Å². The molecule has 3 rings (SSSR count). The molecule has 2 heterocycles. The molecule has 0 aromatic carbocycles. The number of nitrogens with zero attached hydrogens (tertiary/aromatic N) is 4. The highest BCUT2D eigenvalue weighted by Gasteiger charge is 2.26. The van der Waals surface area contributed by atoms with Gasteiger partial charge in [-0.15, -0.1) is 10.2 Å². The van der Waals surface area contributed by atoms with E-state index in [4.69, 9.17) is 4.74 Å². The largest absolute Gasteiger partial charge is 0.444 e. The number of carbonyl (C=O) groups is 2. The van der Waals surface area contributed by atoms with Crippen LogP contribution in [0.2, 0.25) is 0 Å². The third kappa shape index (κ3) is 5.80. The van der Waals surface area contributed by atoms with Crippen LogP contribution in [0, 0.1) is 5.92 Å². The van der Waals surface area contributed by atoms with Crippen LogP contribution in [0.5, 0.6) is 0 Å². The van der Waals surface area contributed by atoms with Gasteiger partial charge in [0.05, 0.1) is 0 Å². The number of hydrogen-bond donors (Lipinski definition) is 1. The quantitative estimate of drug-likeness (QED) is 0.848. The van der Waals surface area contributed by atoms with Crippen LogP contribution < -0.4 is 10.2 Å². The summed E-state index contributed by atoms with van der Waals surface area (Å²) in [6, 6.07) is 3.51. The summed E-state index contributed by atoms with van der Waals surface area (Å²) >= 11 is 0. The first-order chi connectivity index (χ1) is 12.8. The van der Waals surface area contributed by atoms with Crippen LogP contribution in [0.25, 0.3) is 0 Å². The van der Waals surface area contributed by atoms with E-state index in [9.17, 15) is 9.59 Å². The van der Waals surface area contributed by atoms with Gasteiger partial charge in [0, 0.05) is 32.7 Å². The monoisotopic (exact) mass is 375 g/mol. The molecule has 0 spiro atoms. The zero-order valence-corrected chi connectivity index (χ0v) is 16.4. The van der Waals surface area contributed by atoms with E-state index in [2.05, 4.69) is 20.4 Å². The molecule has 2 aliphatic rings. The SMILES string of the molecule is CC(C)(C)OC(=O)N1CCN(c2ccc(C(=O)NCCC3CC3)nn2)CC1. The Morgan fingerprint density at radius 2 is 1.85 bits per heavy atom. The summed E-state index contributed by atoms with van der Waals surface area (Å²) in [7, 11) is 0. The maximum Gasteiger partial charge on any atom is 0.410 e. The highest BCUT2D eigenvalue weighted by Crippen LogP contribution is 2.31. The lowest BCUT2D eigenvalue weighted by molar-refractivity contribution is 0.0240. The van der Waals surface area contributed by atoms with Crippen LogP contribution in [0.4, 0.5) is 10.6 Å². The van der Waals surface area contributed by atoms with Crippen molar-refractivity contribution in [1.29, 1.82) is 0 Å². The molecule has 1 aliphatic carbocycles. The van der Waals surface area contributed by atoms with Gasteiger partial charge in [0.2, 0.25) is 0 Å². The van der Waals surface area contributed by atoms with Gasteiger partial charge in [0.1, 0.15) is 5.60 Å². The van der Waals surface area contributed by atoms with Crippen molar-refractivity contribution >= 4 is 17.8 Å². The maximum absolute atomic E-state index is 12.1. The highest BCUT2D eigenvalue weighted by atomic mass is 16.6. The van der Waals surface area contributed by atoms with Gasteiger partial charge in [0.25, 0.3) is 5.91 Å². The number of anilines is 1. The number of amides is 2. The third-order valence-corrected chi connectivity index (χ3v) is 4.67. The molecule has 0 atom stereocenters. The smallest absolute Gasteiger partial charge is 0.410 e. The van der Waals surface area contributed by atoms with Crippen LogP contribution in [0.15, 0.2) is 12.1 Å². The van der Waals surface area contributed by atoms with E-state index in [1.165, 1.54) is 12.8 Å². The summed E-state index contributed by atoms with van der Waals surface area (Å²) in [5.74, 6) is 1.33. The molecule has 2 amide bonds. The Morgan fingerprint density at radius 3 is 2.41 bits per heavy atom. The second kappa shape index (κ2) is 8.10. The van der Waals surface area contributed by atoms with Crippen molar-refractivity contribution in [3.8, 4) is 0 Å². The summed E-state index contributed by atoms with van der Waals surface area (Å²) in [4.78, 5) is 28.0. The van der Waals surface area contributed by atoms with Crippen LogP contribution in [-0.4, -0.2) is 65.4 Å². The van der Waals surface area contributed by atoms with E-state index in [0.717, 1.165) is 12.3 Å². The minimum atomic E-state index is -0.491. The average Bonchev–Trinajstić information content (AvgIpc) is 3.45. The number of rotatable bonds is 5. The molecule has 1 N–H and O–H groups in total. The van der Waals surface area contributed by atoms with Gasteiger partial charge in [-0.3, -0.25) is 4.79 Å². The Morgan fingerprint density at radius 1 is 1.15 bits per heavy atom. The van der Waals surface area contributed by atoms with Gasteiger partial charge in [-0.05, 0) is 45.2 Å². The minimum absolute atomic E-state index is 0.176. The Hall–Kier alpha value is -2.38. The van der Waals surface area contributed by atoms with Gasteiger partial charge in [-0.25, -0.2) is 4.79 Å². The average molecular weight is 375 g/mol. The molecule has 1 aromatic heterocycles. The number of ether oxygens (including phenoxy) is 1. The van der Waals surface area contributed by atoms with E-state index < -0.39 is 5.60 Å². The van der Waals surface area contributed by atoms with Crippen molar-refractivity contribution in [2.45, 2.75) is 45.6 Å². The van der Waals surface area contributed by atoms with E-state index in [1.807, 2.05) is 26.8 Å². The second-order valence-electron chi connectivity index (χ2n) is 8.22. The minimum Gasteiger partial charge on any atom is -0.444 e. The molecule has 0 bridgehead atoms. The van der Waals surface area contributed by atoms with Crippen LogP contribution in [-0.2, 0) is 4.74 Å². The van der Waals surface area contributed by atoms with Crippen molar-refractivity contribution in [2.75, 3.05) is 37.6 Å². The molecular weight excluding hydrogens is 346 g/mol. The first kappa shape index (κ1) is 19.4. The Balaban J connectivity index is 1.46. The highest BCUT2D eigenvalue weighted by molar-refractivity contribution is 5.92. The van der Waals surface area contributed by atoms with Gasteiger partial charge in [-0.1, -0.05) is 12.8 Å². The topological polar surface area (TPSA) is 87.7 Å². The second-order valence-corrected chi connectivity index (χ2v) is 8.22. The molecule has 2 fully saturated rings. The van der Waals surface area contributed by atoms with Crippen molar-refractivity contribution in [3.05, 3.63) is 17.8 Å². The molecular formula is C19H29N5O3. The summed E-state index contributed by atoms with van der Waals surface area (Å²) in [6.45, 7) is 8.72. The summed E-state index contributed by atoms with van der Waals surface area (Å²) in [5.41, 5.74) is -0.156. The zero-order chi connectivity index (χ0) is 19.4. The lowest BCUT2D eigenvalue weighted by Gasteiger charge is -2.35. The molecule has 1 saturated carbocycles. The summed E-state index contributed by atoms with van der Waals surface area (Å²) in [5, 5.41) is 11.1. The fraction of sp³-hybridized carbons (Fsp3) is 0.684. The van der Waals surface area contributed by atoms with E-state index in [0.29, 0.717) is 44.2 Å². The fourth-order valence-corrected chi connectivity index (χ4v) is 2.95. The third-order valence-electron chi connectivity index (χ3n) is 4.67. The lowest BCUT2D eigenvalue weighted by atomic mass is 10.2. The molecule has 1 aromatic rings. The van der Waals surface area contributed by atoms with Gasteiger partial charge in [-0.2, -0.15) is 0 Å². The number of aromatic nitrogens is 2. The normalized spacial score (nSPS) is 17.6. The standard InChI is InChI=1S/C19H29N5O3/c1-19(2,3)27-18(26)24-12-10-23(11-13-24)16-7-6-15(21-22-16)17(25)20-9-8-14-4-5-14/h6-7,14H,4-5,8-13H2,1-3H3,(H,20,25). The Labute approximate surface area is 160 Å². The van der Waals surface area contributed by atoms with Gasteiger partial charge in [0.15, 0.2) is 11.5 Å². The van der Waals surface area contributed by atoms with E-state index in [1.54, 1.807) is 11.0 Å². The van der Waals surface area contributed by atoms with Gasteiger partial charge < -0.3 is 19.9 Å². The molecule has 8 nitrogen and oxygen atoms in total. The first-order valence-electron chi connectivity index (χ1n) is 9.66. The molecule has 0 unspecified atom stereocenters. The predicted octanol–water partition coefficient (Wildman–Crippen LogP) is 2.06. The van der Waals surface area contributed by atoms with Crippen molar-refractivity contribution in [1.82, 2.24) is 20.4 Å². The summed E-state index contributed by atoms with van der Waals surface area (Å²) in [6.07, 6.45) is 3.32. The van der Waals surface area contributed by atoms with Crippen LogP contribution >= 0.6 is 0 Å². The lowest BCUT2D eigenvalue weighted by Crippen LogP contribution is -2.50. The molecule has 148 valence electrons. The molecule has 1 saturated heterocycles. The summed E-state index contributed by atoms with van der Waals surface area (Å²) < 4.78 is 5.41. The van der Waals surface area contributed by atoms with Crippen LogP contribution in [0.3, 0.4) is 0 Å². The van der Waals surface area contributed by atoms with Crippen molar-refractivity contribution < 1.29 is 14.3 Å². The molecule has 27 heavy (non-hydrogen) atoms. The van der Waals surface area contributed by atoms with Gasteiger partial charge >= 0.3 is 6.09 Å². The number of carbonyl (C=O) groups excluding carboxylic acids is 2. The molecule has 8 heteroatoms. The first-order valence-corrected chi connectivity index (χ1v) is 9.66. The Bertz CT molecular complexity index is 659. The fourth-order valence-electron chi connectivity index (χ4n) is 2.95. The molecule has 1 aliphatic heterocycles.